The third-order valence-electron chi connectivity index (χ3n) is 4.83. The van der Waals surface area contributed by atoms with Gasteiger partial charge in [0.1, 0.15) is 6.33 Å². The van der Waals surface area contributed by atoms with Crippen LogP contribution in [0.25, 0.3) is 16.9 Å². The molecular weight excluding hydrogens is 398 g/mol. The highest BCUT2D eigenvalue weighted by Gasteiger charge is 2.22. The number of H-pyrrole nitrogens is 1. The SMILES string of the molecule is COc1cc(C(=O)c2cc(-c3ccc[nH]3)ccc2-n2cnc(N)n2)cc(OC)c1OC. The van der Waals surface area contributed by atoms with Crippen LogP contribution in [0.3, 0.4) is 0 Å². The van der Waals surface area contributed by atoms with Gasteiger partial charge in [-0.15, -0.1) is 5.10 Å². The average Bonchev–Trinajstić information content (AvgIpc) is 3.49. The first-order valence-electron chi connectivity index (χ1n) is 9.35. The molecule has 4 rings (SSSR count). The summed E-state index contributed by atoms with van der Waals surface area (Å²) in [5.41, 5.74) is 8.73. The summed E-state index contributed by atoms with van der Waals surface area (Å²) in [6.07, 6.45) is 3.28. The number of nitrogen functional groups attached to an aromatic ring is 1. The lowest BCUT2D eigenvalue weighted by Crippen LogP contribution is -2.10. The van der Waals surface area contributed by atoms with Crippen LogP contribution in [-0.4, -0.2) is 46.9 Å². The van der Waals surface area contributed by atoms with Crippen LogP contribution in [-0.2, 0) is 0 Å². The minimum Gasteiger partial charge on any atom is -0.493 e. The molecule has 0 aliphatic heterocycles. The van der Waals surface area contributed by atoms with Gasteiger partial charge in [-0.1, -0.05) is 6.07 Å². The van der Waals surface area contributed by atoms with E-state index in [1.165, 1.54) is 32.3 Å². The normalized spacial score (nSPS) is 10.7. The van der Waals surface area contributed by atoms with E-state index in [4.69, 9.17) is 19.9 Å². The summed E-state index contributed by atoms with van der Waals surface area (Å²) in [6.45, 7) is 0. The van der Waals surface area contributed by atoms with Crippen LogP contribution in [0.5, 0.6) is 17.2 Å². The molecule has 0 amide bonds. The Morgan fingerprint density at radius 2 is 1.77 bits per heavy atom. The standard InChI is InChI=1S/C22H21N5O4/c1-29-18-10-14(11-19(30-2)21(18)31-3)20(28)15-9-13(16-5-4-8-24-16)6-7-17(15)27-12-25-22(23)26-27/h4-12,24H,1-3H3,(H2,23,26). The second-order valence-corrected chi connectivity index (χ2v) is 6.61. The Morgan fingerprint density at radius 1 is 1.03 bits per heavy atom. The number of methoxy groups -OCH3 is 3. The molecule has 9 heteroatoms. The van der Waals surface area contributed by atoms with Gasteiger partial charge in [0.15, 0.2) is 17.3 Å². The molecule has 0 atom stereocenters. The zero-order valence-electron chi connectivity index (χ0n) is 17.2. The van der Waals surface area contributed by atoms with Crippen LogP contribution in [0.2, 0.25) is 0 Å². The van der Waals surface area contributed by atoms with E-state index in [1.54, 1.807) is 24.3 Å². The number of carbonyl (C=O) groups is 1. The summed E-state index contributed by atoms with van der Waals surface area (Å²) in [6, 6.07) is 12.5. The second-order valence-electron chi connectivity index (χ2n) is 6.61. The zero-order chi connectivity index (χ0) is 22.0. The molecule has 0 saturated heterocycles. The van der Waals surface area contributed by atoms with Crippen LogP contribution in [0.4, 0.5) is 5.95 Å². The van der Waals surface area contributed by atoms with E-state index in [0.29, 0.717) is 34.1 Å². The maximum Gasteiger partial charge on any atom is 0.239 e. The summed E-state index contributed by atoms with van der Waals surface area (Å²) >= 11 is 0. The molecule has 9 nitrogen and oxygen atoms in total. The van der Waals surface area contributed by atoms with E-state index in [-0.39, 0.29) is 11.7 Å². The van der Waals surface area contributed by atoms with E-state index in [9.17, 15) is 4.79 Å². The van der Waals surface area contributed by atoms with E-state index in [0.717, 1.165) is 11.3 Å². The number of benzene rings is 2. The minimum absolute atomic E-state index is 0.111. The maximum atomic E-state index is 13.7. The molecule has 0 radical (unpaired) electrons. The monoisotopic (exact) mass is 419 g/mol. The Kier molecular flexibility index (Phi) is 5.31. The summed E-state index contributed by atoms with van der Waals surface area (Å²) < 4.78 is 17.6. The number of rotatable bonds is 7. The van der Waals surface area contributed by atoms with Gasteiger partial charge < -0.3 is 24.9 Å². The van der Waals surface area contributed by atoms with Crippen molar-refractivity contribution in [3.8, 4) is 34.2 Å². The van der Waals surface area contributed by atoms with E-state index >= 15 is 0 Å². The Bertz CT molecular complexity index is 1210. The van der Waals surface area contributed by atoms with Crippen LogP contribution in [0, 0.1) is 0 Å². The molecule has 4 aromatic rings. The molecule has 158 valence electrons. The third-order valence-corrected chi connectivity index (χ3v) is 4.83. The van der Waals surface area contributed by atoms with E-state index < -0.39 is 0 Å². The van der Waals surface area contributed by atoms with Gasteiger partial charge >= 0.3 is 0 Å². The Morgan fingerprint density at radius 3 is 2.32 bits per heavy atom. The molecule has 0 spiro atoms. The predicted molar refractivity (Wildman–Crippen MR) is 115 cm³/mol. The molecular formula is C22H21N5O4. The fraction of sp³-hybridized carbons (Fsp3) is 0.136. The van der Waals surface area contributed by atoms with E-state index in [1.807, 2.05) is 24.4 Å². The number of anilines is 1. The molecule has 0 unspecified atom stereocenters. The summed E-state index contributed by atoms with van der Waals surface area (Å²) in [4.78, 5) is 20.8. The number of nitrogens with two attached hydrogens (primary N) is 1. The van der Waals surface area contributed by atoms with Gasteiger partial charge in [0.05, 0.1) is 27.0 Å². The number of carbonyl (C=O) groups excluding carboxylic acids is 1. The fourth-order valence-corrected chi connectivity index (χ4v) is 3.35. The number of hydrogen-bond donors (Lipinski definition) is 2. The lowest BCUT2D eigenvalue weighted by Gasteiger charge is -2.15. The average molecular weight is 419 g/mol. The van der Waals surface area contributed by atoms with Crippen molar-refractivity contribution in [2.45, 2.75) is 0 Å². The van der Waals surface area contributed by atoms with Crippen LogP contribution < -0.4 is 19.9 Å². The van der Waals surface area contributed by atoms with Gasteiger partial charge in [-0.25, -0.2) is 9.67 Å². The number of nitrogens with one attached hydrogen (secondary N) is 1. The molecule has 3 N–H and O–H groups in total. The zero-order valence-corrected chi connectivity index (χ0v) is 17.2. The first-order chi connectivity index (χ1) is 15.0. The predicted octanol–water partition coefficient (Wildman–Crippen LogP) is 3.10. The highest BCUT2D eigenvalue weighted by atomic mass is 16.5. The first-order valence-corrected chi connectivity index (χ1v) is 9.35. The Labute approximate surface area is 178 Å². The summed E-state index contributed by atoms with van der Waals surface area (Å²) in [5, 5.41) is 4.16. The Balaban J connectivity index is 1.89. The number of nitrogens with zero attached hydrogens (tertiary/aromatic N) is 3. The number of ether oxygens (including phenoxy) is 3. The largest absolute Gasteiger partial charge is 0.493 e. The highest BCUT2D eigenvalue weighted by molar-refractivity contribution is 6.12. The van der Waals surface area contributed by atoms with Gasteiger partial charge in [-0.2, -0.15) is 0 Å². The van der Waals surface area contributed by atoms with Gasteiger partial charge in [-0.05, 0) is 42.0 Å². The topological polar surface area (TPSA) is 117 Å². The fourth-order valence-electron chi connectivity index (χ4n) is 3.35. The molecule has 0 aliphatic rings. The summed E-state index contributed by atoms with van der Waals surface area (Å²) in [7, 11) is 4.51. The molecule has 2 aromatic carbocycles. The van der Waals surface area contributed by atoms with Gasteiger partial charge in [-0.3, -0.25) is 4.79 Å². The molecule has 31 heavy (non-hydrogen) atoms. The van der Waals surface area contributed by atoms with Crippen molar-refractivity contribution >= 4 is 11.7 Å². The van der Waals surface area contributed by atoms with Crippen molar-refractivity contribution in [1.82, 2.24) is 19.7 Å². The molecule has 0 aliphatic carbocycles. The number of aromatic nitrogens is 4. The van der Waals surface area contributed by atoms with Crippen molar-refractivity contribution in [3.63, 3.8) is 0 Å². The van der Waals surface area contributed by atoms with Crippen LogP contribution >= 0.6 is 0 Å². The molecule has 2 heterocycles. The lowest BCUT2D eigenvalue weighted by molar-refractivity contribution is 0.103. The third kappa shape index (κ3) is 3.68. The minimum atomic E-state index is -0.253. The van der Waals surface area contributed by atoms with Gasteiger partial charge in [0, 0.05) is 23.0 Å². The quantitative estimate of drug-likeness (QED) is 0.442. The van der Waals surface area contributed by atoms with Crippen molar-refractivity contribution in [2.24, 2.45) is 0 Å². The van der Waals surface area contributed by atoms with Crippen LogP contribution in [0.15, 0.2) is 55.0 Å². The van der Waals surface area contributed by atoms with Crippen LogP contribution in [0.1, 0.15) is 15.9 Å². The van der Waals surface area contributed by atoms with Crippen molar-refractivity contribution in [3.05, 3.63) is 66.1 Å². The Hall–Kier alpha value is -4.27. The van der Waals surface area contributed by atoms with Gasteiger partial charge in [0.25, 0.3) is 0 Å². The lowest BCUT2D eigenvalue weighted by atomic mass is 9.97. The summed E-state index contributed by atoms with van der Waals surface area (Å²) in [5.74, 6) is 1.04. The first kappa shape index (κ1) is 20.0. The van der Waals surface area contributed by atoms with E-state index in [2.05, 4.69) is 15.1 Å². The smallest absolute Gasteiger partial charge is 0.239 e. The van der Waals surface area contributed by atoms with Crippen molar-refractivity contribution in [2.75, 3.05) is 27.1 Å². The number of aromatic amines is 1. The van der Waals surface area contributed by atoms with Gasteiger partial charge in [0.2, 0.25) is 11.7 Å². The second kappa shape index (κ2) is 8.23. The maximum absolute atomic E-state index is 13.7. The number of ketones is 1. The molecule has 2 aromatic heterocycles. The molecule has 0 bridgehead atoms. The highest BCUT2D eigenvalue weighted by Crippen LogP contribution is 2.39. The molecule has 0 saturated carbocycles. The molecule has 0 fully saturated rings. The van der Waals surface area contributed by atoms with Crippen molar-refractivity contribution in [1.29, 1.82) is 0 Å². The number of hydrogen-bond acceptors (Lipinski definition) is 7. The van der Waals surface area contributed by atoms with Crippen molar-refractivity contribution < 1.29 is 19.0 Å².